The Kier molecular flexibility index (Phi) is 5.20. The molecule has 2 aromatic rings. The summed E-state index contributed by atoms with van der Waals surface area (Å²) in [5.74, 6) is 0.203. The molecule has 0 atom stereocenters. The predicted molar refractivity (Wildman–Crippen MR) is 87.7 cm³/mol. The molecular formula is C14H11BrCl2O3S. The minimum absolute atomic E-state index is 0.0441. The summed E-state index contributed by atoms with van der Waals surface area (Å²) in [5.41, 5.74) is 1.53. The summed E-state index contributed by atoms with van der Waals surface area (Å²) in [6, 6.07) is 10.2. The standard InChI is InChI=1S/C14H11BrCl2O3S/c1-9-2-5-13(14(6-9)21(17,18)19)20-8-10-3-4-11(15)7-12(10)16/h2-7H,8H2,1H3. The molecule has 0 aromatic heterocycles. The summed E-state index contributed by atoms with van der Waals surface area (Å²) in [6.45, 7) is 1.93. The van der Waals surface area contributed by atoms with Gasteiger partial charge in [-0.2, -0.15) is 0 Å². The molecule has 0 fully saturated rings. The second-order valence-electron chi connectivity index (χ2n) is 4.41. The third kappa shape index (κ3) is 4.36. The first-order chi connectivity index (χ1) is 9.77. The minimum atomic E-state index is -3.87. The van der Waals surface area contributed by atoms with E-state index in [4.69, 9.17) is 27.0 Å². The molecule has 112 valence electrons. The fourth-order valence-electron chi connectivity index (χ4n) is 1.72. The Labute approximate surface area is 141 Å². The van der Waals surface area contributed by atoms with Gasteiger partial charge >= 0.3 is 0 Å². The summed E-state index contributed by atoms with van der Waals surface area (Å²) >= 11 is 9.41. The zero-order valence-corrected chi connectivity index (χ0v) is 14.9. The van der Waals surface area contributed by atoms with E-state index in [1.54, 1.807) is 31.2 Å². The van der Waals surface area contributed by atoms with E-state index in [0.717, 1.165) is 15.6 Å². The van der Waals surface area contributed by atoms with Crippen molar-refractivity contribution in [2.24, 2.45) is 0 Å². The molecule has 7 heteroatoms. The Hall–Kier alpha value is -0.750. The number of halogens is 3. The van der Waals surface area contributed by atoms with Crippen LogP contribution in [0.1, 0.15) is 11.1 Å². The molecule has 0 saturated heterocycles. The Bertz CT molecular complexity index is 776. The van der Waals surface area contributed by atoms with Gasteiger partial charge in [0.15, 0.2) is 0 Å². The maximum absolute atomic E-state index is 11.6. The van der Waals surface area contributed by atoms with Crippen LogP contribution in [-0.4, -0.2) is 8.42 Å². The van der Waals surface area contributed by atoms with Crippen LogP contribution in [0.5, 0.6) is 5.75 Å². The van der Waals surface area contributed by atoms with Crippen molar-refractivity contribution >= 4 is 47.3 Å². The number of benzene rings is 2. The quantitative estimate of drug-likeness (QED) is 0.673. The lowest BCUT2D eigenvalue weighted by Crippen LogP contribution is -2.01. The van der Waals surface area contributed by atoms with Crippen LogP contribution in [0.25, 0.3) is 0 Å². The van der Waals surface area contributed by atoms with Gasteiger partial charge < -0.3 is 4.74 Å². The maximum atomic E-state index is 11.6. The molecule has 0 saturated carbocycles. The molecule has 2 aromatic carbocycles. The summed E-state index contributed by atoms with van der Waals surface area (Å²) in [4.78, 5) is -0.0441. The highest BCUT2D eigenvalue weighted by molar-refractivity contribution is 9.10. The molecule has 0 aliphatic heterocycles. The molecule has 0 amide bonds. The van der Waals surface area contributed by atoms with Gasteiger partial charge in [0.1, 0.15) is 17.3 Å². The van der Waals surface area contributed by atoms with Crippen molar-refractivity contribution in [1.29, 1.82) is 0 Å². The van der Waals surface area contributed by atoms with Gasteiger partial charge in [0.05, 0.1) is 0 Å². The highest BCUT2D eigenvalue weighted by atomic mass is 79.9. The second kappa shape index (κ2) is 6.57. The smallest absolute Gasteiger partial charge is 0.264 e. The molecule has 3 nitrogen and oxygen atoms in total. The van der Waals surface area contributed by atoms with Gasteiger partial charge in [0.25, 0.3) is 9.05 Å². The molecule has 2 rings (SSSR count). The molecule has 0 heterocycles. The molecule has 0 N–H and O–H groups in total. The van der Waals surface area contributed by atoms with Crippen LogP contribution in [-0.2, 0) is 15.7 Å². The third-order valence-corrected chi connectivity index (χ3v) is 4.95. The largest absolute Gasteiger partial charge is 0.487 e. The molecule has 0 radical (unpaired) electrons. The van der Waals surface area contributed by atoms with Crippen molar-refractivity contribution in [3.8, 4) is 5.75 Å². The maximum Gasteiger partial charge on any atom is 0.264 e. The average molecular weight is 410 g/mol. The van der Waals surface area contributed by atoms with Crippen molar-refractivity contribution in [3.05, 3.63) is 57.0 Å². The van der Waals surface area contributed by atoms with Crippen LogP contribution in [0.2, 0.25) is 5.02 Å². The molecule has 0 unspecified atom stereocenters. The third-order valence-electron chi connectivity index (χ3n) is 2.76. The highest BCUT2D eigenvalue weighted by Crippen LogP contribution is 2.29. The number of hydrogen-bond acceptors (Lipinski definition) is 3. The Morgan fingerprint density at radius 3 is 2.52 bits per heavy atom. The molecular weight excluding hydrogens is 399 g/mol. The van der Waals surface area contributed by atoms with Gasteiger partial charge in [0, 0.05) is 25.7 Å². The first-order valence-corrected chi connectivity index (χ1v) is 9.37. The van der Waals surface area contributed by atoms with Crippen molar-refractivity contribution in [1.82, 2.24) is 0 Å². The minimum Gasteiger partial charge on any atom is -0.487 e. The van der Waals surface area contributed by atoms with E-state index in [1.165, 1.54) is 6.07 Å². The van der Waals surface area contributed by atoms with Crippen molar-refractivity contribution in [2.75, 3.05) is 0 Å². The van der Waals surface area contributed by atoms with Crippen LogP contribution in [0.4, 0.5) is 0 Å². The normalized spacial score (nSPS) is 11.4. The summed E-state index contributed by atoms with van der Waals surface area (Å²) in [6.07, 6.45) is 0. The predicted octanol–water partition coefficient (Wildman–Crippen LogP) is 4.92. The van der Waals surface area contributed by atoms with Crippen LogP contribution >= 0.6 is 38.2 Å². The van der Waals surface area contributed by atoms with Gasteiger partial charge in [0.2, 0.25) is 0 Å². The number of aryl methyl sites for hydroxylation is 1. The summed E-state index contributed by atoms with van der Waals surface area (Å²) < 4.78 is 29.6. The summed E-state index contributed by atoms with van der Waals surface area (Å²) in [7, 11) is 1.56. The zero-order chi connectivity index (χ0) is 15.6. The molecule has 21 heavy (non-hydrogen) atoms. The van der Waals surface area contributed by atoms with E-state index < -0.39 is 9.05 Å². The van der Waals surface area contributed by atoms with Crippen LogP contribution in [0.15, 0.2) is 45.8 Å². The van der Waals surface area contributed by atoms with Crippen molar-refractivity contribution < 1.29 is 13.2 Å². The molecule has 0 spiro atoms. The Morgan fingerprint density at radius 2 is 1.90 bits per heavy atom. The summed E-state index contributed by atoms with van der Waals surface area (Å²) in [5, 5.41) is 0.534. The van der Waals surface area contributed by atoms with E-state index in [2.05, 4.69) is 15.9 Å². The molecule has 0 aliphatic rings. The van der Waals surface area contributed by atoms with E-state index >= 15 is 0 Å². The van der Waals surface area contributed by atoms with Gasteiger partial charge in [-0.25, -0.2) is 8.42 Å². The highest BCUT2D eigenvalue weighted by Gasteiger charge is 2.17. The lowest BCUT2D eigenvalue weighted by atomic mass is 10.2. The SMILES string of the molecule is Cc1ccc(OCc2ccc(Br)cc2Cl)c(S(=O)(=O)Cl)c1. The van der Waals surface area contributed by atoms with Gasteiger partial charge in [-0.05, 0) is 36.8 Å². The topological polar surface area (TPSA) is 43.4 Å². The lowest BCUT2D eigenvalue weighted by molar-refractivity contribution is 0.298. The Balaban J connectivity index is 2.28. The second-order valence-corrected chi connectivity index (χ2v) is 8.27. The first-order valence-electron chi connectivity index (χ1n) is 5.89. The fraction of sp³-hybridized carbons (Fsp3) is 0.143. The number of rotatable bonds is 4. The lowest BCUT2D eigenvalue weighted by Gasteiger charge is -2.11. The van der Waals surface area contributed by atoms with E-state index in [-0.39, 0.29) is 17.3 Å². The van der Waals surface area contributed by atoms with Gasteiger partial charge in [-0.1, -0.05) is 39.7 Å². The Morgan fingerprint density at radius 1 is 1.19 bits per heavy atom. The molecule has 0 bridgehead atoms. The van der Waals surface area contributed by atoms with Gasteiger partial charge in [-0.15, -0.1) is 0 Å². The van der Waals surface area contributed by atoms with E-state index in [9.17, 15) is 8.42 Å². The van der Waals surface area contributed by atoms with Crippen LogP contribution < -0.4 is 4.74 Å². The van der Waals surface area contributed by atoms with Crippen molar-refractivity contribution in [2.45, 2.75) is 18.4 Å². The zero-order valence-electron chi connectivity index (χ0n) is 10.9. The van der Waals surface area contributed by atoms with Crippen LogP contribution in [0, 0.1) is 6.92 Å². The van der Waals surface area contributed by atoms with Gasteiger partial charge in [-0.3, -0.25) is 0 Å². The number of hydrogen-bond donors (Lipinski definition) is 0. The average Bonchev–Trinajstić information content (AvgIpc) is 2.38. The molecule has 0 aliphatic carbocycles. The van der Waals surface area contributed by atoms with E-state index in [0.29, 0.717) is 5.02 Å². The van der Waals surface area contributed by atoms with Crippen molar-refractivity contribution in [3.63, 3.8) is 0 Å². The first kappa shape index (κ1) is 16.6. The number of ether oxygens (including phenoxy) is 1. The van der Waals surface area contributed by atoms with E-state index in [1.807, 2.05) is 6.07 Å². The fourth-order valence-corrected chi connectivity index (χ4v) is 3.50. The monoisotopic (exact) mass is 408 g/mol. The van der Waals surface area contributed by atoms with Crippen LogP contribution in [0.3, 0.4) is 0 Å².